The highest BCUT2D eigenvalue weighted by Crippen LogP contribution is 2.63. The molecule has 2 fully saturated rings. The van der Waals surface area contributed by atoms with Gasteiger partial charge in [0.15, 0.2) is 0 Å². The molecular weight excluding hydrogens is 336 g/mol. The maximum atomic E-state index is 6.52. The molecule has 110 valence electrons. The Hall–Kier alpha value is -0.0500. The second kappa shape index (κ2) is 5.30. The molecule has 3 unspecified atom stereocenters. The first kappa shape index (κ1) is 14.9. The van der Waals surface area contributed by atoms with E-state index < -0.39 is 0 Å². The van der Waals surface area contributed by atoms with Crippen LogP contribution in [-0.2, 0) is 11.3 Å². The van der Waals surface area contributed by atoms with Gasteiger partial charge in [0.1, 0.15) is 0 Å². The molecule has 3 rings (SSSR count). The Morgan fingerprint density at radius 2 is 1.95 bits per heavy atom. The van der Waals surface area contributed by atoms with Crippen molar-refractivity contribution in [3.05, 3.63) is 34.9 Å². The molecule has 1 aromatic carbocycles. The maximum Gasteiger partial charge on any atom is 0.0864 e. The van der Waals surface area contributed by atoms with Crippen LogP contribution < -0.4 is 0 Å². The molecule has 2 aliphatic carbocycles. The molecule has 0 aliphatic heterocycles. The van der Waals surface area contributed by atoms with Gasteiger partial charge in [0.2, 0.25) is 0 Å². The van der Waals surface area contributed by atoms with Crippen molar-refractivity contribution in [2.75, 3.05) is 5.33 Å². The van der Waals surface area contributed by atoms with Gasteiger partial charge in [-0.2, -0.15) is 0 Å². The van der Waals surface area contributed by atoms with Crippen molar-refractivity contribution in [1.82, 2.24) is 0 Å². The molecule has 3 atom stereocenters. The van der Waals surface area contributed by atoms with Crippen molar-refractivity contribution in [2.45, 2.75) is 45.3 Å². The van der Waals surface area contributed by atoms with Crippen LogP contribution in [0.15, 0.2) is 24.3 Å². The molecule has 0 heterocycles. The first-order valence-corrected chi connectivity index (χ1v) is 8.94. The Kier molecular flexibility index (Phi) is 3.94. The van der Waals surface area contributed by atoms with E-state index in [2.05, 4.69) is 35.8 Å². The molecule has 0 aromatic heterocycles. The van der Waals surface area contributed by atoms with Crippen LogP contribution in [0.3, 0.4) is 0 Å². The summed E-state index contributed by atoms with van der Waals surface area (Å²) in [6, 6.07) is 7.99. The molecule has 1 aromatic rings. The average Bonchev–Trinajstić information content (AvgIpc) is 2.98. The maximum absolute atomic E-state index is 6.52. The third kappa shape index (κ3) is 2.07. The third-order valence-electron chi connectivity index (χ3n) is 5.84. The first-order chi connectivity index (χ1) is 9.51. The van der Waals surface area contributed by atoms with Crippen molar-refractivity contribution in [3.8, 4) is 0 Å². The predicted molar refractivity (Wildman–Crippen MR) is 87.4 cm³/mol. The van der Waals surface area contributed by atoms with Gasteiger partial charge in [-0.05, 0) is 48.1 Å². The highest BCUT2D eigenvalue weighted by molar-refractivity contribution is 9.09. The summed E-state index contributed by atoms with van der Waals surface area (Å²) in [5.74, 6) is 1.49. The van der Waals surface area contributed by atoms with Crippen LogP contribution in [-0.4, -0.2) is 10.9 Å². The Balaban J connectivity index is 1.82. The molecule has 0 saturated heterocycles. The second-order valence-corrected chi connectivity index (χ2v) is 7.80. The summed E-state index contributed by atoms with van der Waals surface area (Å²) >= 11 is 10.0. The van der Waals surface area contributed by atoms with E-state index in [0.29, 0.717) is 12.5 Å². The molecule has 0 radical (unpaired) electrons. The number of hydrogen-bond donors (Lipinski definition) is 0. The predicted octanol–water partition coefficient (Wildman–Crippen LogP) is 5.45. The quantitative estimate of drug-likeness (QED) is 0.651. The lowest BCUT2D eigenvalue weighted by atomic mass is 9.66. The standard InChI is InChI=1S/C17H22BrClO/c1-16(2)13-7-8-14(9-13)17(16,11-18)20-10-12-5-3-4-6-15(12)19/h3-6,13-14H,7-11H2,1-2H3. The van der Waals surface area contributed by atoms with Gasteiger partial charge in [0.05, 0.1) is 12.2 Å². The molecule has 3 heteroatoms. The summed E-state index contributed by atoms with van der Waals surface area (Å²) in [6.07, 6.45) is 3.99. The van der Waals surface area contributed by atoms with Crippen molar-refractivity contribution in [1.29, 1.82) is 0 Å². The number of ether oxygens (including phenoxy) is 1. The van der Waals surface area contributed by atoms with Gasteiger partial charge in [-0.3, -0.25) is 0 Å². The van der Waals surface area contributed by atoms with E-state index in [9.17, 15) is 0 Å². The minimum absolute atomic E-state index is 0.0465. The van der Waals surface area contributed by atoms with Crippen molar-refractivity contribution in [2.24, 2.45) is 17.3 Å². The van der Waals surface area contributed by atoms with E-state index >= 15 is 0 Å². The fraction of sp³-hybridized carbons (Fsp3) is 0.647. The summed E-state index contributed by atoms with van der Waals surface area (Å²) in [7, 11) is 0. The van der Waals surface area contributed by atoms with Gasteiger partial charge in [0.25, 0.3) is 0 Å². The van der Waals surface area contributed by atoms with E-state index in [1.165, 1.54) is 19.3 Å². The van der Waals surface area contributed by atoms with Gasteiger partial charge in [-0.25, -0.2) is 0 Å². The molecule has 20 heavy (non-hydrogen) atoms. The van der Waals surface area contributed by atoms with Crippen molar-refractivity contribution >= 4 is 27.5 Å². The lowest BCUT2D eigenvalue weighted by molar-refractivity contribution is -0.145. The fourth-order valence-electron chi connectivity index (χ4n) is 4.38. The molecule has 0 amide bonds. The molecule has 2 saturated carbocycles. The number of benzene rings is 1. The topological polar surface area (TPSA) is 9.23 Å². The largest absolute Gasteiger partial charge is 0.369 e. The van der Waals surface area contributed by atoms with Crippen LogP contribution in [0.1, 0.15) is 38.7 Å². The van der Waals surface area contributed by atoms with E-state index in [1.807, 2.05) is 18.2 Å². The van der Waals surface area contributed by atoms with E-state index in [0.717, 1.165) is 21.8 Å². The summed E-state index contributed by atoms with van der Waals surface area (Å²) in [4.78, 5) is 0. The number of fused-ring (bicyclic) bond motifs is 2. The molecule has 2 aliphatic rings. The smallest absolute Gasteiger partial charge is 0.0864 e. The fourth-order valence-corrected chi connectivity index (χ4v) is 5.91. The number of hydrogen-bond acceptors (Lipinski definition) is 1. The van der Waals surface area contributed by atoms with E-state index in [4.69, 9.17) is 16.3 Å². The second-order valence-electron chi connectivity index (χ2n) is 6.83. The third-order valence-corrected chi connectivity index (χ3v) is 7.05. The van der Waals surface area contributed by atoms with E-state index in [1.54, 1.807) is 0 Å². The average molecular weight is 358 g/mol. The van der Waals surface area contributed by atoms with Crippen molar-refractivity contribution < 1.29 is 4.74 Å². The zero-order chi connectivity index (χ0) is 14.4. The Bertz CT molecular complexity index is 502. The zero-order valence-corrected chi connectivity index (χ0v) is 14.5. The minimum atomic E-state index is -0.0465. The van der Waals surface area contributed by atoms with Gasteiger partial charge in [-0.15, -0.1) is 0 Å². The normalized spacial score (nSPS) is 34.6. The van der Waals surface area contributed by atoms with Crippen LogP contribution >= 0.6 is 27.5 Å². The highest BCUT2D eigenvalue weighted by Gasteiger charge is 2.63. The number of alkyl halides is 1. The van der Waals surface area contributed by atoms with Crippen LogP contribution in [0.5, 0.6) is 0 Å². The SMILES string of the molecule is CC1(C)C2CCC(C2)C1(CBr)OCc1ccccc1Cl. The van der Waals surface area contributed by atoms with Gasteiger partial charge in [-0.1, -0.05) is 59.6 Å². The molecule has 0 spiro atoms. The minimum Gasteiger partial charge on any atom is -0.369 e. The molecular formula is C17H22BrClO. The van der Waals surface area contributed by atoms with Crippen LogP contribution in [0.4, 0.5) is 0 Å². The lowest BCUT2D eigenvalue weighted by Crippen LogP contribution is -2.52. The van der Waals surface area contributed by atoms with Crippen LogP contribution in [0, 0.1) is 17.3 Å². The summed E-state index contributed by atoms with van der Waals surface area (Å²) in [5.41, 5.74) is 1.28. The Morgan fingerprint density at radius 3 is 2.55 bits per heavy atom. The monoisotopic (exact) mass is 356 g/mol. The summed E-state index contributed by atoms with van der Waals surface area (Å²) in [6.45, 7) is 5.37. The van der Waals surface area contributed by atoms with Gasteiger partial charge in [0, 0.05) is 10.4 Å². The number of rotatable bonds is 4. The summed E-state index contributed by atoms with van der Waals surface area (Å²) in [5, 5.41) is 1.72. The zero-order valence-electron chi connectivity index (χ0n) is 12.2. The van der Waals surface area contributed by atoms with Gasteiger partial charge < -0.3 is 4.74 Å². The highest BCUT2D eigenvalue weighted by atomic mass is 79.9. The van der Waals surface area contributed by atoms with E-state index in [-0.39, 0.29) is 11.0 Å². The van der Waals surface area contributed by atoms with Crippen molar-refractivity contribution in [3.63, 3.8) is 0 Å². The molecule has 1 nitrogen and oxygen atoms in total. The van der Waals surface area contributed by atoms with Crippen LogP contribution in [0.2, 0.25) is 5.02 Å². The lowest BCUT2D eigenvalue weighted by Gasteiger charge is -2.48. The Labute approximate surface area is 135 Å². The van der Waals surface area contributed by atoms with Gasteiger partial charge >= 0.3 is 0 Å². The number of halogens is 2. The molecule has 0 N–H and O–H groups in total. The van der Waals surface area contributed by atoms with Crippen LogP contribution in [0.25, 0.3) is 0 Å². The first-order valence-electron chi connectivity index (χ1n) is 7.44. The summed E-state index contributed by atoms with van der Waals surface area (Å²) < 4.78 is 6.52. The Morgan fingerprint density at radius 1 is 1.25 bits per heavy atom. The molecule has 2 bridgehead atoms.